The fourth-order valence-corrected chi connectivity index (χ4v) is 12.1. The summed E-state index contributed by atoms with van der Waals surface area (Å²) >= 11 is 0. The summed E-state index contributed by atoms with van der Waals surface area (Å²) in [6, 6.07) is 0. The molecule has 0 amide bonds. The van der Waals surface area contributed by atoms with Crippen molar-refractivity contribution in [1.82, 2.24) is 0 Å². The molecular weight excluding hydrogens is 757 g/mol. The Hall–Kier alpha value is -3.71. The molecule has 3 saturated carbocycles. The molecule has 0 aromatic carbocycles. The summed E-state index contributed by atoms with van der Waals surface area (Å²) in [5.74, 6) is 4.25. The quantitative estimate of drug-likeness (QED) is 0.0296. The maximum absolute atomic E-state index is 13.1. The van der Waals surface area contributed by atoms with E-state index in [4.69, 9.17) is 4.74 Å². The van der Waals surface area contributed by atoms with Gasteiger partial charge in [0, 0.05) is 19.3 Å². The molecule has 0 spiro atoms. The Kier molecular flexibility index (Phi) is 17.6. The second-order valence-electron chi connectivity index (χ2n) is 19.4. The van der Waals surface area contributed by atoms with Gasteiger partial charge in [-0.15, -0.1) is 0 Å². The van der Waals surface area contributed by atoms with Crippen LogP contribution < -0.4 is 0 Å². The van der Waals surface area contributed by atoms with Crippen LogP contribution in [0.1, 0.15) is 189 Å². The minimum absolute atomic E-state index is 0.0606. The molecule has 0 heterocycles. The van der Waals surface area contributed by atoms with Crippen LogP contribution in [0.2, 0.25) is 0 Å². The van der Waals surface area contributed by atoms with Crippen molar-refractivity contribution >= 4 is 5.97 Å². The summed E-state index contributed by atoms with van der Waals surface area (Å²) in [7, 11) is 0. The molecule has 0 N–H and O–H groups in total. The minimum atomic E-state index is -1.11. The third kappa shape index (κ3) is 12.0. The number of hydrogen-bond donors (Lipinski definition) is 0. The van der Waals surface area contributed by atoms with Gasteiger partial charge in [0.25, 0.3) is 0 Å². The van der Waals surface area contributed by atoms with E-state index < -0.39 is 48.9 Å². The molecule has 3 fully saturated rings. The van der Waals surface area contributed by atoms with Crippen LogP contribution in [0.4, 0.5) is 0 Å². The van der Waals surface area contributed by atoms with Gasteiger partial charge < -0.3 is 4.74 Å². The molecule has 0 bridgehead atoms. The molecule has 5 unspecified atom stereocenters. The molecule has 4 rings (SSSR count). The van der Waals surface area contributed by atoms with E-state index >= 15 is 0 Å². The van der Waals surface area contributed by atoms with Gasteiger partial charge in [0.1, 0.15) is 12.5 Å². The highest BCUT2D eigenvalue weighted by Crippen LogP contribution is 2.67. The molecule has 0 aromatic rings. The van der Waals surface area contributed by atoms with E-state index in [1.807, 2.05) is 6.92 Å². The highest BCUT2D eigenvalue weighted by molar-refractivity contribution is 5.69. The second-order valence-corrected chi connectivity index (χ2v) is 19.4. The molecule has 14 heteroatoms. The van der Waals surface area contributed by atoms with Gasteiger partial charge in [-0.3, -0.25) is 45.3 Å². The number of allylic oxidation sites excluding steroid dienone is 4. The smallest absolute Gasteiger partial charge is 0.329 e. The lowest BCUT2D eigenvalue weighted by Crippen LogP contribution is -2.51. The van der Waals surface area contributed by atoms with Crippen LogP contribution in [0.15, 0.2) is 34.4 Å². The predicted molar refractivity (Wildman–Crippen MR) is 226 cm³/mol. The fraction of sp³-hybridized carbons (Fsp3) is 0.844. The van der Waals surface area contributed by atoms with Crippen LogP contribution in [0.25, 0.3) is 0 Å². The SMILES string of the molecule is CCCCC/C(=C(/C/C(=C(\CCCCCCCC(=O)OC1CCC2=CCC3C4CCC([C@H](C)CCCC(C)C)[C@@]4(C)CCC3[C@@]2(C)C1)[N+](=O)[O-])[N+](=O)[O-])[N+](=O)[O-])[N+](=O)[O-]. The topological polar surface area (TPSA) is 199 Å². The third-order valence-corrected chi connectivity index (χ3v) is 15.2. The maximum atomic E-state index is 13.1. The van der Waals surface area contributed by atoms with Gasteiger partial charge in [0.05, 0.1) is 19.7 Å². The summed E-state index contributed by atoms with van der Waals surface area (Å²) in [6.45, 7) is 14.1. The number of carbonyl (C=O) groups excluding carboxylic acids is 1. The van der Waals surface area contributed by atoms with Crippen molar-refractivity contribution < 1.29 is 29.2 Å². The van der Waals surface area contributed by atoms with Crippen molar-refractivity contribution in [3.8, 4) is 0 Å². The average molecular weight is 829 g/mol. The van der Waals surface area contributed by atoms with Crippen LogP contribution in [0.5, 0.6) is 0 Å². The van der Waals surface area contributed by atoms with Gasteiger partial charge in [0.2, 0.25) is 0 Å². The normalized spacial score (nSPS) is 28.9. The predicted octanol–water partition coefficient (Wildman–Crippen LogP) is 12.2. The molecule has 59 heavy (non-hydrogen) atoms. The Balaban J connectivity index is 1.25. The van der Waals surface area contributed by atoms with E-state index in [-0.39, 0.29) is 49.6 Å². The highest BCUT2D eigenvalue weighted by atomic mass is 16.6. The Morgan fingerprint density at radius 1 is 0.729 bits per heavy atom. The number of fused-ring (bicyclic) bond motifs is 5. The lowest BCUT2D eigenvalue weighted by Gasteiger charge is -2.58. The van der Waals surface area contributed by atoms with E-state index in [1.54, 1.807) is 5.57 Å². The number of rotatable bonds is 24. The van der Waals surface area contributed by atoms with Crippen molar-refractivity contribution in [2.75, 3.05) is 0 Å². The molecule has 332 valence electrons. The van der Waals surface area contributed by atoms with Crippen molar-refractivity contribution in [3.05, 3.63) is 74.9 Å². The maximum Gasteiger partial charge on any atom is 0.329 e. The number of nitrogens with zero attached hydrogens (tertiary/aromatic N) is 4. The van der Waals surface area contributed by atoms with Crippen LogP contribution in [-0.4, -0.2) is 31.8 Å². The average Bonchev–Trinajstić information content (AvgIpc) is 3.52. The van der Waals surface area contributed by atoms with Gasteiger partial charge in [-0.05, 0) is 117 Å². The number of nitro groups is 4. The Labute approximate surface area is 351 Å². The monoisotopic (exact) mass is 829 g/mol. The molecular formula is C45H72N4O10. The Morgan fingerprint density at radius 3 is 1.88 bits per heavy atom. The Morgan fingerprint density at radius 2 is 1.31 bits per heavy atom. The van der Waals surface area contributed by atoms with E-state index in [0.29, 0.717) is 55.8 Å². The summed E-state index contributed by atoms with van der Waals surface area (Å²) in [5, 5.41) is 47.2. The van der Waals surface area contributed by atoms with Gasteiger partial charge in [-0.2, -0.15) is 0 Å². The molecule has 4 aliphatic carbocycles. The zero-order valence-electron chi connectivity index (χ0n) is 36.8. The summed E-state index contributed by atoms with van der Waals surface area (Å²) in [6.07, 6.45) is 18.4. The van der Waals surface area contributed by atoms with Crippen LogP contribution >= 0.6 is 0 Å². The van der Waals surface area contributed by atoms with Crippen molar-refractivity contribution in [2.45, 2.75) is 195 Å². The second kappa shape index (κ2) is 21.7. The molecule has 4 aliphatic rings. The molecule has 14 nitrogen and oxygen atoms in total. The first kappa shape index (κ1) is 48.0. The number of unbranched alkanes of at least 4 members (excludes halogenated alkanes) is 6. The van der Waals surface area contributed by atoms with Crippen LogP contribution in [-0.2, 0) is 9.53 Å². The van der Waals surface area contributed by atoms with Gasteiger partial charge in [0.15, 0.2) is 0 Å². The molecule has 0 aliphatic heterocycles. The van der Waals surface area contributed by atoms with Crippen LogP contribution in [0, 0.1) is 86.8 Å². The first-order valence-electron chi connectivity index (χ1n) is 22.8. The van der Waals surface area contributed by atoms with E-state index in [9.17, 15) is 45.3 Å². The number of hydrogen-bond acceptors (Lipinski definition) is 10. The first-order chi connectivity index (χ1) is 27.9. The van der Waals surface area contributed by atoms with Crippen molar-refractivity contribution in [2.24, 2.45) is 46.3 Å². The van der Waals surface area contributed by atoms with Crippen LogP contribution in [0.3, 0.4) is 0 Å². The summed E-state index contributed by atoms with van der Waals surface area (Å²) < 4.78 is 6.13. The first-order valence-corrected chi connectivity index (χ1v) is 22.8. The molecule has 0 radical (unpaired) electrons. The van der Waals surface area contributed by atoms with Crippen molar-refractivity contribution in [1.29, 1.82) is 0 Å². The summed E-state index contributed by atoms with van der Waals surface area (Å²) in [5.41, 5.74) is -1.50. The van der Waals surface area contributed by atoms with E-state index in [1.165, 1.54) is 51.4 Å². The highest BCUT2D eigenvalue weighted by Gasteiger charge is 2.59. The number of carbonyl (C=O) groups is 1. The molecule has 8 atom stereocenters. The minimum Gasteiger partial charge on any atom is -0.462 e. The standard InChI is InChI=1S/C45H72N4O10/c1-7-8-12-18-39(46(51)52)41(48(55)56)29-42(49(57)58)40(47(53)54)19-13-10-9-11-14-20-43(50)59-34-23-21-33-22-24-35-37-26-25-36(32(4)17-15-16-31(2)3)44(37,5)28-27-38(35)45(33,6)30-34/h22,31-32,34-38H,7-21,23-30H2,1-6H3/b41-39+,42-40-/t32-,34?,35?,36?,37?,38?,44-,45+/m1/s1. The number of ether oxygens (including phenoxy) is 1. The molecule has 0 aromatic heterocycles. The third-order valence-electron chi connectivity index (χ3n) is 15.2. The number of esters is 1. The zero-order valence-corrected chi connectivity index (χ0v) is 36.8. The largest absolute Gasteiger partial charge is 0.462 e. The van der Waals surface area contributed by atoms with E-state index in [2.05, 4.69) is 40.7 Å². The van der Waals surface area contributed by atoms with Gasteiger partial charge >= 0.3 is 28.8 Å². The zero-order chi connectivity index (χ0) is 43.5. The fourth-order valence-electron chi connectivity index (χ4n) is 12.1. The van der Waals surface area contributed by atoms with Gasteiger partial charge in [-0.1, -0.05) is 105 Å². The lowest BCUT2D eigenvalue weighted by atomic mass is 9.47. The Bertz CT molecular complexity index is 1620. The lowest BCUT2D eigenvalue weighted by molar-refractivity contribution is -0.491. The summed E-state index contributed by atoms with van der Waals surface area (Å²) in [4.78, 5) is 56.3. The van der Waals surface area contributed by atoms with Crippen molar-refractivity contribution in [3.63, 3.8) is 0 Å². The van der Waals surface area contributed by atoms with Gasteiger partial charge in [-0.25, -0.2) is 0 Å². The van der Waals surface area contributed by atoms with E-state index in [0.717, 1.165) is 42.9 Å². The molecule has 0 saturated heterocycles.